The van der Waals surface area contributed by atoms with Crippen LogP contribution in [-0.2, 0) is 0 Å². The molecule has 6 heteroatoms. The number of nitrogens with zero attached hydrogens (tertiary/aromatic N) is 3. The van der Waals surface area contributed by atoms with Crippen LogP contribution >= 0.6 is 0 Å². The number of benzene rings is 1. The minimum absolute atomic E-state index is 0.0860. The van der Waals surface area contributed by atoms with Gasteiger partial charge in [0.25, 0.3) is 0 Å². The van der Waals surface area contributed by atoms with Crippen LogP contribution < -0.4 is 5.32 Å². The number of piperidine rings is 1. The SMILES string of the molecule is O=C(NC1CCCCC1)N1CCC(n2cnc3cc(F)ccc32)CC1. The fourth-order valence-corrected chi connectivity index (χ4v) is 4.16. The topological polar surface area (TPSA) is 50.2 Å². The number of halogens is 1. The van der Waals surface area contributed by atoms with E-state index >= 15 is 0 Å². The summed E-state index contributed by atoms with van der Waals surface area (Å²) in [6, 6.07) is 5.50. The molecule has 134 valence electrons. The van der Waals surface area contributed by atoms with Crippen LogP contribution in [0, 0.1) is 5.82 Å². The molecule has 0 atom stereocenters. The molecule has 1 aliphatic carbocycles. The Labute approximate surface area is 147 Å². The summed E-state index contributed by atoms with van der Waals surface area (Å²) >= 11 is 0. The zero-order valence-corrected chi connectivity index (χ0v) is 14.5. The van der Waals surface area contributed by atoms with Crippen molar-refractivity contribution in [2.75, 3.05) is 13.1 Å². The molecular weight excluding hydrogens is 319 g/mol. The zero-order chi connectivity index (χ0) is 17.2. The number of carbonyl (C=O) groups excluding carboxylic acids is 1. The smallest absolute Gasteiger partial charge is 0.317 e. The summed E-state index contributed by atoms with van der Waals surface area (Å²) < 4.78 is 15.5. The van der Waals surface area contributed by atoms with Crippen molar-refractivity contribution in [3.63, 3.8) is 0 Å². The van der Waals surface area contributed by atoms with Gasteiger partial charge in [-0.15, -0.1) is 0 Å². The number of carbonyl (C=O) groups is 1. The van der Waals surface area contributed by atoms with Gasteiger partial charge in [-0.2, -0.15) is 0 Å². The van der Waals surface area contributed by atoms with E-state index in [1.807, 2.05) is 4.90 Å². The third kappa shape index (κ3) is 3.48. The van der Waals surface area contributed by atoms with Crippen molar-refractivity contribution in [2.24, 2.45) is 0 Å². The van der Waals surface area contributed by atoms with Crippen LogP contribution in [0.25, 0.3) is 11.0 Å². The standard InChI is InChI=1S/C19H25FN4O/c20-14-6-7-18-17(12-14)21-13-24(18)16-8-10-23(11-9-16)19(25)22-15-4-2-1-3-5-15/h6-7,12-13,15-16H,1-5,8-11H2,(H,22,25). The summed E-state index contributed by atoms with van der Waals surface area (Å²) in [5.74, 6) is -0.257. The first-order chi connectivity index (χ1) is 12.2. The van der Waals surface area contributed by atoms with E-state index in [2.05, 4.69) is 14.9 Å². The molecule has 0 unspecified atom stereocenters. The number of hydrogen-bond donors (Lipinski definition) is 1. The molecule has 1 aromatic heterocycles. The van der Waals surface area contributed by atoms with Crippen LogP contribution in [-0.4, -0.2) is 39.6 Å². The van der Waals surface area contributed by atoms with Crippen LogP contribution in [0.1, 0.15) is 51.0 Å². The Morgan fingerprint density at radius 2 is 1.88 bits per heavy atom. The second kappa shape index (κ2) is 7.02. The monoisotopic (exact) mass is 344 g/mol. The number of rotatable bonds is 2. The molecule has 2 heterocycles. The molecule has 4 rings (SSSR count). The summed E-state index contributed by atoms with van der Waals surface area (Å²) in [6.45, 7) is 1.51. The van der Waals surface area contributed by atoms with Crippen LogP contribution in [0.5, 0.6) is 0 Å². The Morgan fingerprint density at radius 1 is 1.12 bits per heavy atom. The Kier molecular flexibility index (Phi) is 4.59. The van der Waals surface area contributed by atoms with E-state index in [1.165, 1.54) is 31.4 Å². The maximum absolute atomic E-state index is 13.3. The van der Waals surface area contributed by atoms with Crippen LogP contribution in [0.15, 0.2) is 24.5 Å². The third-order valence-corrected chi connectivity index (χ3v) is 5.61. The number of amides is 2. The number of imidazole rings is 1. The molecule has 1 saturated carbocycles. The average Bonchev–Trinajstić information content (AvgIpc) is 3.05. The molecule has 1 N–H and O–H groups in total. The maximum Gasteiger partial charge on any atom is 0.317 e. The van der Waals surface area contributed by atoms with E-state index in [0.29, 0.717) is 17.6 Å². The van der Waals surface area contributed by atoms with Crippen LogP contribution in [0.2, 0.25) is 0 Å². The van der Waals surface area contributed by atoms with E-state index in [1.54, 1.807) is 12.4 Å². The molecule has 0 bridgehead atoms. The summed E-state index contributed by atoms with van der Waals surface area (Å²) in [5.41, 5.74) is 1.66. The largest absolute Gasteiger partial charge is 0.335 e. The van der Waals surface area contributed by atoms with Crippen LogP contribution in [0.4, 0.5) is 9.18 Å². The van der Waals surface area contributed by atoms with Crippen LogP contribution in [0.3, 0.4) is 0 Å². The minimum atomic E-state index is -0.257. The highest BCUT2D eigenvalue weighted by molar-refractivity contribution is 5.76. The molecule has 2 amide bonds. The lowest BCUT2D eigenvalue weighted by molar-refractivity contribution is 0.166. The van der Waals surface area contributed by atoms with E-state index in [-0.39, 0.29) is 11.8 Å². The van der Waals surface area contributed by atoms with E-state index < -0.39 is 0 Å². The highest BCUT2D eigenvalue weighted by Gasteiger charge is 2.26. The lowest BCUT2D eigenvalue weighted by Gasteiger charge is -2.34. The van der Waals surface area contributed by atoms with Gasteiger partial charge in [0.2, 0.25) is 0 Å². The predicted octanol–water partition coefficient (Wildman–Crippen LogP) is 3.85. The van der Waals surface area contributed by atoms with E-state index in [0.717, 1.165) is 44.3 Å². The lowest BCUT2D eigenvalue weighted by atomic mass is 9.95. The molecule has 25 heavy (non-hydrogen) atoms. The number of urea groups is 1. The molecule has 2 fully saturated rings. The summed E-state index contributed by atoms with van der Waals surface area (Å²) in [4.78, 5) is 18.7. The van der Waals surface area contributed by atoms with Crippen molar-refractivity contribution >= 4 is 17.1 Å². The number of hydrogen-bond acceptors (Lipinski definition) is 2. The Morgan fingerprint density at radius 3 is 2.64 bits per heavy atom. The molecule has 1 saturated heterocycles. The second-order valence-corrected chi connectivity index (χ2v) is 7.29. The first-order valence-electron chi connectivity index (χ1n) is 9.38. The van der Waals surface area contributed by atoms with E-state index in [4.69, 9.17) is 0 Å². The lowest BCUT2D eigenvalue weighted by Crippen LogP contribution is -2.48. The fraction of sp³-hybridized carbons (Fsp3) is 0.579. The van der Waals surface area contributed by atoms with Gasteiger partial charge in [-0.3, -0.25) is 0 Å². The molecule has 1 aliphatic heterocycles. The summed E-state index contributed by atoms with van der Waals surface area (Å²) in [5, 5.41) is 3.20. The number of likely N-dealkylation sites (tertiary alicyclic amines) is 1. The van der Waals surface area contributed by atoms with Gasteiger partial charge in [-0.25, -0.2) is 14.2 Å². The van der Waals surface area contributed by atoms with Crippen molar-refractivity contribution in [1.82, 2.24) is 19.8 Å². The van der Waals surface area contributed by atoms with Gasteiger partial charge in [0.15, 0.2) is 0 Å². The fourth-order valence-electron chi connectivity index (χ4n) is 4.16. The third-order valence-electron chi connectivity index (χ3n) is 5.61. The number of fused-ring (bicyclic) bond motifs is 1. The first kappa shape index (κ1) is 16.4. The van der Waals surface area contributed by atoms with Crippen molar-refractivity contribution in [2.45, 2.75) is 57.0 Å². The Balaban J connectivity index is 1.36. The quantitative estimate of drug-likeness (QED) is 0.899. The maximum atomic E-state index is 13.3. The van der Waals surface area contributed by atoms with Crippen molar-refractivity contribution in [3.8, 4) is 0 Å². The average molecular weight is 344 g/mol. The zero-order valence-electron chi connectivity index (χ0n) is 14.5. The van der Waals surface area contributed by atoms with Gasteiger partial charge < -0.3 is 14.8 Å². The van der Waals surface area contributed by atoms with Crippen molar-refractivity contribution < 1.29 is 9.18 Å². The first-order valence-corrected chi connectivity index (χ1v) is 9.38. The van der Waals surface area contributed by atoms with Gasteiger partial charge in [-0.1, -0.05) is 19.3 Å². The molecular formula is C19H25FN4O. The molecule has 2 aliphatic rings. The highest BCUT2D eigenvalue weighted by atomic mass is 19.1. The molecule has 5 nitrogen and oxygen atoms in total. The summed E-state index contributed by atoms with van der Waals surface area (Å²) in [7, 11) is 0. The molecule has 2 aromatic rings. The van der Waals surface area contributed by atoms with Crippen molar-refractivity contribution in [3.05, 3.63) is 30.3 Å². The normalized spacial score (nSPS) is 20.1. The second-order valence-electron chi connectivity index (χ2n) is 7.29. The number of aromatic nitrogens is 2. The Hall–Kier alpha value is -2.11. The predicted molar refractivity (Wildman–Crippen MR) is 94.9 cm³/mol. The number of nitrogens with one attached hydrogen (secondary N) is 1. The molecule has 0 spiro atoms. The summed E-state index contributed by atoms with van der Waals surface area (Å²) in [6.07, 6.45) is 9.57. The molecule has 0 radical (unpaired) electrons. The van der Waals surface area contributed by atoms with Gasteiger partial charge in [0.05, 0.1) is 17.4 Å². The van der Waals surface area contributed by atoms with Gasteiger partial charge in [-0.05, 0) is 37.8 Å². The van der Waals surface area contributed by atoms with Crippen molar-refractivity contribution in [1.29, 1.82) is 0 Å². The highest BCUT2D eigenvalue weighted by Crippen LogP contribution is 2.27. The van der Waals surface area contributed by atoms with E-state index in [9.17, 15) is 9.18 Å². The van der Waals surface area contributed by atoms with Gasteiger partial charge in [0, 0.05) is 31.2 Å². The Bertz CT molecular complexity index is 745. The van der Waals surface area contributed by atoms with Gasteiger partial charge in [0.1, 0.15) is 5.82 Å². The van der Waals surface area contributed by atoms with Gasteiger partial charge >= 0.3 is 6.03 Å². The minimum Gasteiger partial charge on any atom is -0.335 e. The molecule has 1 aromatic carbocycles.